The van der Waals surface area contributed by atoms with Gasteiger partial charge in [0.1, 0.15) is 5.60 Å². The van der Waals surface area contributed by atoms with Gasteiger partial charge in [0, 0.05) is 24.0 Å². The molecule has 0 saturated heterocycles. The zero-order valence-corrected chi connectivity index (χ0v) is 10.3. The number of allylic oxidation sites excluding steroid dienone is 3. The summed E-state index contributed by atoms with van der Waals surface area (Å²) in [5.41, 5.74) is 0.162. The summed E-state index contributed by atoms with van der Waals surface area (Å²) in [7, 11) is 0. The van der Waals surface area contributed by atoms with Gasteiger partial charge < -0.3 is 10.1 Å². The molecule has 2 rings (SSSR count). The highest BCUT2D eigenvalue weighted by molar-refractivity contribution is 6.03. The fourth-order valence-corrected chi connectivity index (χ4v) is 1.93. The number of alkyl carbamates (subject to hydrolysis) is 1. The Balaban J connectivity index is 1.82. The minimum absolute atomic E-state index is 0.0189. The van der Waals surface area contributed by atoms with Crippen LogP contribution in [0, 0.1) is 11.8 Å². The van der Waals surface area contributed by atoms with E-state index in [2.05, 4.69) is 5.32 Å². The van der Waals surface area contributed by atoms with Crippen molar-refractivity contribution in [3.05, 3.63) is 23.8 Å². The zero-order chi connectivity index (χ0) is 12.6. The summed E-state index contributed by atoms with van der Waals surface area (Å²) in [6.45, 7) is 5.66. The number of carbonyl (C=O) groups is 2. The van der Waals surface area contributed by atoms with Gasteiger partial charge in [0.2, 0.25) is 0 Å². The molecule has 17 heavy (non-hydrogen) atoms. The predicted octanol–water partition coefficient (Wildman–Crippen LogP) is 1.82. The van der Waals surface area contributed by atoms with Crippen LogP contribution < -0.4 is 5.32 Å². The summed E-state index contributed by atoms with van der Waals surface area (Å²) in [5, 5.41) is 2.60. The van der Waals surface area contributed by atoms with Crippen LogP contribution in [-0.4, -0.2) is 24.0 Å². The molecule has 0 saturated carbocycles. The molecule has 1 N–H and O–H groups in total. The highest BCUT2D eigenvalue weighted by Crippen LogP contribution is 2.36. The normalized spacial score (nSPS) is 26.1. The Hall–Kier alpha value is -1.58. The number of nitrogens with one attached hydrogen (secondary N) is 1. The Morgan fingerprint density at radius 3 is 2.53 bits per heavy atom. The molecule has 2 unspecified atom stereocenters. The average molecular weight is 235 g/mol. The highest BCUT2D eigenvalue weighted by atomic mass is 16.6. The molecule has 1 amide bonds. The number of amides is 1. The van der Waals surface area contributed by atoms with Gasteiger partial charge in [-0.25, -0.2) is 4.79 Å². The zero-order valence-electron chi connectivity index (χ0n) is 10.3. The van der Waals surface area contributed by atoms with Crippen LogP contribution in [0.5, 0.6) is 0 Å². The molecule has 92 valence electrons. The van der Waals surface area contributed by atoms with Gasteiger partial charge in [0.25, 0.3) is 0 Å². The van der Waals surface area contributed by atoms with Crippen LogP contribution in [0.2, 0.25) is 0 Å². The minimum Gasteiger partial charge on any atom is -0.444 e. The quantitative estimate of drug-likeness (QED) is 0.743. The monoisotopic (exact) mass is 235 g/mol. The summed E-state index contributed by atoms with van der Waals surface area (Å²) in [6.07, 6.45) is 5.34. The van der Waals surface area contributed by atoms with Gasteiger partial charge in [-0.15, -0.1) is 0 Å². The molecule has 0 bridgehead atoms. The Bertz CT molecular complexity index is 415. The average Bonchev–Trinajstić information content (AvgIpc) is 2.32. The lowest BCUT2D eigenvalue weighted by atomic mass is 9.84. The number of fused-ring (bicyclic) bond motifs is 1. The number of rotatable bonds is 2. The molecular formula is C13H17NO3. The molecule has 0 aromatic heterocycles. The van der Waals surface area contributed by atoms with Crippen molar-refractivity contribution in [2.24, 2.45) is 11.8 Å². The van der Waals surface area contributed by atoms with E-state index in [1.165, 1.54) is 0 Å². The number of Topliss-reactive ketones (excluding diaryl/α,β-unsaturated/α-hetero) is 1. The second-order valence-corrected chi connectivity index (χ2v) is 5.40. The van der Waals surface area contributed by atoms with E-state index in [0.29, 0.717) is 5.57 Å². The highest BCUT2D eigenvalue weighted by Gasteiger charge is 2.37. The summed E-state index contributed by atoms with van der Waals surface area (Å²) >= 11 is 0. The van der Waals surface area contributed by atoms with E-state index in [1.54, 1.807) is 20.8 Å². The number of hydrogen-bond donors (Lipinski definition) is 1. The molecule has 4 nitrogen and oxygen atoms in total. The summed E-state index contributed by atoms with van der Waals surface area (Å²) in [5.74, 6) is 0.386. The van der Waals surface area contributed by atoms with Crippen LogP contribution in [0.15, 0.2) is 23.8 Å². The molecule has 0 radical (unpaired) electrons. The third-order valence-electron chi connectivity index (χ3n) is 2.79. The first kappa shape index (κ1) is 11.9. The second-order valence-electron chi connectivity index (χ2n) is 5.40. The van der Waals surface area contributed by atoms with Crippen molar-refractivity contribution in [3.63, 3.8) is 0 Å². The molecule has 4 heteroatoms. The Labute approximate surface area is 101 Å². The van der Waals surface area contributed by atoms with Gasteiger partial charge >= 0.3 is 6.09 Å². The summed E-state index contributed by atoms with van der Waals surface area (Å²) in [4.78, 5) is 23.2. The van der Waals surface area contributed by atoms with Crippen LogP contribution >= 0.6 is 0 Å². The van der Waals surface area contributed by atoms with Crippen molar-refractivity contribution in [1.29, 1.82) is 0 Å². The van der Waals surface area contributed by atoms with Crippen molar-refractivity contribution >= 4 is 11.9 Å². The molecular weight excluding hydrogens is 218 g/mol. The van der Waals surface area contributed by atoms with E-state index in [0.717, 1.165) is 0 Å². The van der Waals surface area contributed by atoms with Gasteiger partial charge in [-0.1, -0.05) is 18.2 Å². The number of ether oxygens (including phenoxy) is 1. The first-order chi connectivity index (χ1) is 7.87. The van der Waals surface area contributed by atoms with Gasteiger partial charge in [-0.3, -0.25) is 4.79 Å². The van der Waals surface area contributed by atoms with Gasteiger partial charge in [0.05, 0.1) is 0 Å². The van der Waals surface area contributed by atoms with E-state index < -0.39 is 11.7 Å². The van der Waals surface area contributed by atoms with Crippen LogP contribution in [-0.2, 0) is 9.53 Å². The van der Waals surface area contributed by atoms with E-state index in [4.69, 9.17) is 4.74 Å². The molecule has 0 heterocycles. The lowest BCUT2D eigenvalue weighted by molar-refractivity contribution is -0.118. The SMILES string of the molecule is CC(C)(C)OC(=O)NCC1=CC2C=CC2C1=O. The topological polar surface area (TPSA) is 55.4 Å². The number of carbonyl (C=O) groups excluding carboxylic acids is 2. The van der Waals surface area contributed by atoms with E-state index >= 15 is 0 Å². The Kier molecular flexibility index (Phi) is 2.81. The van der Waals surface area contributed by atoms with E-state index in [9.17, 15) is 9.59 Å². The minimum atomic E-state index is -0.515. The summed E-state index contributed by atoms with van der Waals surface area (Å²) < 4.78 is 5.10. The maximum Gasteiger partial charge on any atom is 0.407 e. The number of ketones is 1. The van der Waals surface area contributed by atoms with Crippen molar-refractivity contribution in [3.8, 4) is 0 Å². The van der Waals surface area contributed by atoms with E-state index in [1.807, 2.05) is 18.2 Å². The first-order valence-electron chi connectivity index (χ1n) is 5.77. The standard InChI is InChI=1S/C13H17NO3/c1-13(2,3)17-12(16)14-7-9-6-8-4-5-10(8)11(9)15/h4-6,8,10H,7H2,1-3H3,(H,14,16). The van der Waals surface area contributed by atoms with Crippen molar-refractivity contribution in [2.75, 3.05) is 6.54 Å². The maximum atomic E-state index is 11.8. The Morgan fingerprint density at radius 2 is 2.12 bits per heavy atom. The Morgan fingerprint density at radius 1 is 1.41 bits per heavy atom. The fourth-order valence-electron chi connectivity index (χ4n) is 1.93. The fraction of sp³-hybridized carbons (Fsp3) is 0.538. The smallest absolute Gasteiger partial charge is 0.407 e. The van der Waals surface area contributed by atoms with E-state index in [-0.39, 0.29) is 24.2 Å². The van der Waals surface area contributed by atoms with Crippen molar-refractivity contribution in [1.82, 2.24) is 5.32 Å². The molecule has 0 aromatic carbocycles. The van der Waals surface area contributed by atoms with Crippen LogP contribution in [0.4, 0.5) is 4.79 Å². The number of hydrogen-bond acceptors (Lipinski definition) is 3. The molecule has 0 aromatic rings. The third-order valence-corrected chi connectivity index (χ3v) is 2.79. The van der Waals surface area contributed by atoms with Crippen molar-refractivity contribution in [2.45, 2.75) is 26.4 Å². The van der Waals surface area contributed by atoms with Gasteiger partial charge in [-0.05, 0) is 20.8 Å². The van der Waals surface area contributed by atoms with Gasteiger partial charge in [0.15, 0.2) is 5.78 Å². The van der Waals surface area contributed by atoms with Crippen LogP contribution in [0.1, 0.15) is 20.8 Å². The molecule has 0 fully saturated rings. The molecule has 0 spiro atoms. The molecule has 2 aliphatic carbocycles. The van der Waals surface area contributed by atoms with Gasteiger partial charge in [-0.2, -0.15) is 0 Å². The lowest BCUT2D eigenvalue weighted by Crippen LogP contribution is -2.34. The van der Waals surface area contributed by atoms with Crippen LogP contribution in [0.3, 0.4) is 0 Å². The van der Waals surface area contributed by atoms with Crippen molar-refractivity contribution < 1.29 is 14.3 Å². The second kappa shape index (κ2) is 4.02. The molecule has 0 aliphatic heterocycles. The van der Waals surface area contributed by atoms with Crippen LogP contribution in [0.25, 0.3) is 0 Å². The third kappa shape index (κ3) is 2.57. The maximum absolute atomic E-state index is 11.8. The lowest BCUT2D eigenvalue weighted by Gasteiger charge is -2.20. The molecule has 2 atom stereocenters. The predicted molar refractivity (Wildman–Crippen MR) is 63.4 cm³/mol. The first-order valence-corrected chi connectivity index (χ1v) is 5.77. The molecule has 2 aliphatic rings. The largest absolute Gasteiger partial charge is 0.444 e. The summed E-state index contributed by atoms with van der Waals surface area (Å²) in [6, 6.07) is 0.